The maximum atomic E-state index is 10.7. The molecule has 0 radical (unpaired) electrons. The Bertz CT molecular complexity index is 404. The minimum atomic E-state index is -0.755. The highest BCUT2D eigenvalue weighted by molar-refractivity contribution is 5.22. The molecule has 3 unspecified atom stereocenters. The molecule has 3 heteroatoms. The first-order valence-corrected chi connectivity index (χ1v) is 7.39. The molecule has 2 fully saturated rings. The topological polar surface area (TPSA) is 35.5 Å². The van der Waals surface area contributed by atoms with Gasteiger partial charge < -0.3 is 10.4 Å². The van der Waals surface area contributed by atoms with Gasteiger partial charge in [0, 0.05) is 25.7 Å². The van der Waals surface area contributed by atoms with Gasteiger partial charge in [0.25, 0.3) is 0 Å². The first-order chi connectivity index (χ1) is 9.15. The molecular formula is C16H24N2O. The number of benzene rings is 1. The first-order valence-electron chi connectivity index (χ1n) is 7.39. The molecule has 0 spiro atoms. The van der Waals surface area contributed by atoms with Crippen LogP contribution in [0.2, 0.25) is 0 Å². The van der Waals surface area contributed by atoms with E-state index in [2.05, 4.69) is 10.2 Å². The van der Waals surface area contributed by atoms with E-state index in [1.165, 1.54) is 12.8 Å². The highest BCUT2D eigenvalue weighted by Crippen LogP contribution is 2.28. The summed E-state index contributed by atoms with van der Waals surface area (Å²) in [5, 5.41) is 14.3. The van der Waals surface area contributed by atoms with Crippen molar-refractivity contribution in [3.63, 3.8) is 0 Å². The standard InChI is InChI=1S/C16H24N2O/c1-16(19,14-7-3-2-4-8-14)12-18-10-13-6-5-9-17-15(13)11-18/h2-4,7-8,13,15,17,19H,5-6,9-12H2,1H3. The van der Waals surface area contributed by atoms with Crippen LogP contribution in [0, 0.1) is 5.92 Å². The van der Waals surface area contributed by atoms with Crippen molar-refractivity contribution >= 4 is 0 Å². The van der Waals surface area contributed by atoms with E-state index in [4.69, 9.17) is 0 Å². The Morgan fingerprint density at radius 1 is 1.32 bits per heavy atom. The molecule has 104 valence electrons. The van der Waals surface area contributed by atoms with Crippen molar-refractivity contribution in [1.82, 2.24) is 10.2 Å². The summed E-state index contributed by atoms with van der Waals surface area (Å²) in [6.07, 6.45) is 2.63. The average molecular weight is 260 g/mol. The molecular weight excluding hydrogens is 236 g/mol. The van der Waals surface area contributed by atoms with Crippen molar-refractivity contribution in [2.45, 2.75) is 31.4 Å². The zero-order valence-corrected chi connectivity index (χ0v) is 11.7. The van der Waals surface area contributed by atoms with Crippen LogP contribution in [0.5, 0.6) is 0 Å². The number of nitrogens with one attached hydrogen (secondary N) is 1. The Morgan fingerprint density at radius 3 is 2.84 bits per heavy atom. The number of rotatable bonds is 3. The number of piperidine rings is 1. The van der Waals surface area contributed by atoms with Gasteiger partial charge in [0.1, 0.15) is 0 Å². The summed E-state index contributed by atoms with van der Waals surface area (Å²) in [5.41, 5.74) is 0.257. The van der Waals surface area contributed by atoms with Crippen LogP contribution >= 0.6 is 0 Å². The highest BCUT2D eigenvalue weighted by atomic mass is 16.3. The zero-order chi connectivity index (χ0) is 13.3. The van der Waals surface area contributed by atoms with E-state index >= 15 is 0 Å². The molecule has 2 aliphatic rings. The number of likely N-dealkylation sites (tertiary alicyclic amines) is 1. The molecule has 3 nitrogen and oxygen atoms in total. The smallest absolute Gasteiger partial charge is 0.0994 e. The van der Waals surface area contributed by atoms with E-state index in [1.807, 2.05) is 37.3 Å². The number of hydrogen-bond acceptors (Lipinski definition) is 3. The lowest BCUT2D eigenvalue weighted by Gasteiger charge is -2.29. The van der Waals surface area contributed by atoms with Gasteiger partial charge in [0.15, 0.2) is 0 Å². The number of nitrogens with zero attached hydrogens (tertiary/aromatic N) is 1. The van der Waals surface area contributed by atoms with Gasteiger partial charge in [-0.25, -0.2) is 0 Å². The van der Waals surface area contributed by atoms with Crippen molar-refractivity contribution in [2.75, 3.05) is 26.2 Å². The fourth-order valence-electron chi connectivity index (χ4n) is 3.59. The van der Waals surface area contributed by atoms with Crippen LogP contribution in [0.3, 0.4) is 0 Å². The second-order valence-corrected chi connectivity index (χ2v) is 6.30. The fourth-order valence-corrected chi connectivity index (χ4v) is 3.59. The molecule has 0 aromatic heterocycles. The Labute approximate surface area is 115 Å². The third kappa shape index (κ3) is 2.83. The molecule has 2 heterocycles. The molecule has 0 bridgehead atoms. The predicted octanol–water partition coefficient (Wildman–Crippen LogP) is 1.58. The maximum absolute atomic E-state index is 10.7. The van der Waals surface area contributed by atoms with Crippen LogP contribution in [0.25, 0.3) is 0 Å². The van der Waals surface area contributed by atoms with E-state index in [9.17, 15) is 5.11 Å². The van der Waals surface area contributed by atoms with Crippen molar-refractivity contribution in [3.05, 3.63) is 35.9 Å². The van der Waals surface area contributed by atoms with Crippen LogP contribution in [0.4, 0.5) is 0 Å². The van der Waals surface area contributed by atoms with Crippen LogP contribution in [-0.2, 0) is 5.60 Å². The van der Waals surface area contributed by atoms with E-state index in [0.29, 0.717) is 6.04 Å². The summed E-state index contributed by atoms with van der Waals surface area (Å²) < 4.78 is 0. The summed E-state index contributed by atoms with van der Waals surface area (Å²) in [6, 6.07) is 10.7. The quantitative estimate of drug-likeness (QED) is 0.866. The van der Waals surface area contributed by atoms with Gasteiger partial charge in [0.05, 0.1) is 5.60 Å². The van der Waals surface area contributed by atoms with Crippen molar-refractivity contribution in [2.24, 2.45) is 5.92 Å². The van der Waals surface area contributed by atoms with E-state index < -0.39 is 5.60 Å². The molecule has 1 aromatic carbocycles. The van der Waals surface area contributed by atoms with Crippen LogP contribution in [-0.4, -0.2) is 42.2 Å². The molecule has 0 amide bonds. The van der Waals surface area contributed by atoms with Crippen molar-refractivity contribution in [3.8, 4) is 0 Å². The fraction of sp³-hybridized carbons (Fsp3) is 0.625. The average Bonchev–Trinajstić information content (AvgIpc) is 2.81. The van der Waals surface area contributed by atoms with Gasteiger partial charge in [-0.3, -0.25) is 4.90 Å². The Kier molecular flexibility index (Phi) is 3.61. The first kappa shape index (κ1) is 13.1. The van der Waals surface area contributed by atoms with E-state index in [1.54, 1.807) is 0 Å². The Balaban J connectivity index is 1.65. The second kappa shape index (κ2) is 5.23. The third-order valence-electron chi connectivity index (χ3n) is 4.60. The minimum absolute atomic E-state index is 0.639. The maximum Gasteiger partial charge on any atom is 0.0994 e. The number of aliphatic hydroxyl groups is 1. The molecule has 2 saturated heterocycles. The van der Waals surface area contributed by atoms with Gasteiger partial charge >= 0.3 is 0 Å². The number of fused-ring (bicyclic) bond motifs is 1. The van der Waals surface area contributed by atoms with Crippen LogP contribution in [0.1, 0.15) is 25.3 Å². The molecule has 19 heavy (non-hydrogen) atoms. The number of β-amino-alcohol motifs (C(OH)–C–C–N with tert-alkyl or cyclic N) is 1. The lowest BCUT2D eigenvalue weighted by atomic mass is 9.94. The van der Waals surface area contributed by atoms with Crippen LogP contribution < -0.4 is 5.32 Å². The Hall–Kier alpha value is -0.900. The lowest BCUT2D eigenvalue weighted by molar-refractivity contribution is 0.0215. The number of hydrogen-bond donors (Lipinski definition) is 2. The monoisotopic (exact) mass is 260 g/mol. The van der Waals surface area contributed by atoms with Gasteiger partial charge in [-0.15, -0.1) is 0 Å². The lowest BCUT2D eigenvalue weighted by Crippen LogP contribution is -2.41. The van der Waals surface area contributed by atoms with Gasteiger partial charge in [-0.1, -0.05) is 30.3 Å². The largest absolute Gasteiger partial charge is 0.384 e. The molecule has 3 atom stereocenters. The second-order valence-electron chi connectivity index (χ2n) is 6.30. The molecule has 0 aliphatic carbocycles. The van der Waals surface area contributed by atoms with Crippen molar-refractivity contribution in [1.29, 1.82) is 0 Å². The zero-order valence-electron chi connectivity index (χ0n) is 11.7. The van der Waals surface area contributed by atoms with E-state index in [-0.39, 0.29) is 0 Å². The highest BCUT2D eigenvalue weighted by Gasteiger charge is 2.37. The summed E-state index contributed by atoms with van der Waals surface area (Å²) in [5.74, 6) is 0.778. The van der Waals surface area contributed by atoms with Gasteiger partial charge in [-0.2, -0.15) is 0 Å². The van der Waals surface area contributed by atoms with E-state index in [0.717, 1.165) is 37.7 Å². The third-order valence-corrected chi connectivity index (χ3v) is 4.60. The SMILES string of the molecule is CC(O)(CN1CC2CCCNC2C1)c1ccccc1. The minimum Gasteiger partial charge on any atom is -0.384 e. The summed E-state index contributed by atoms with van der Waals surface area (Å²) in [6.45, 7) is 6.02. The molecule has 3 rings (SSSR count). The molecule has 2 N–H and O–H groups in total. The Morgan fingerprint density at radius 2 is 2.11 bits per heavy atom. The normalized spacial score (nSPS) is 30.8. The van der Waals surface area contributed by atoms with Crippen molar-refractivity contribution < 1.29 is 5.11 Å². The predicted molar refractivity (Wildman–Crippen MR) is 77.0 cm³/mol. The van der Waals surface area contributed by atoms with Gasteiger partial charge in [0.2, 0.25) is 0 Å². The van der Waals surface area contributed by atoms with Crippen LogP contribution in [0.15, 0.2) is 30.3 Å². The molecule has 1 aromatic rings. The summed E-state index contributed by atoms with van der Waals surface area (Å²) >= 11 is 0. The molecule has 2 aliphatic heterocycles. The van der Waals surface area contributed by atoms with Gasteiger partial charge in [-0.05, 0) is 37.8 Å². The molecule has 0 saturated carbocycles. The summed E-state index contributed by atoms with van der Waals surface area (Å²) in [4.78, 5) is 2.42. The summed E-state index contributed by atoms with van der Waals surface area (Å²) in [7, 11) is 0.